The molecule has 134 valence electrons. The Kier molecular flexibility index (Phi) is 5.34. The molecule has 2 aromatic rings. The number of rotatable bonds is 6. The number of aromatic nitrogens is 1. The van der Waals surface area contributed by atoms with Crippen LogP contribution in [0.2, 0.25) is 0 Å². The molecule has 0 unspecified atom stereocenters. The van der Waals surface area contributed by atoms with E-state index in [2.05, 4.69) is 9.71 Å². The maximum Gasteiger partial charge on any atom is 0.264 e. The van der Waals surface area contributed by atoms with Crippen LogP contribution in [0.1, 0.15) is 39.0 Å². The highest BCUT2D eigenvalue weighted by Crippen LogP contribution is 2.24. The van der Waals surface area contributed by atoms with Gasteiger partial charge in [0.2, 0.25) is 0 Å². The minimum atomic E-state index is -3.98. The van der Waals surface area contributed by atoms with Gasteiger partial charge in [-0.25, -0.2) is 13.1 Å². The third-order valence-electron chi connectivity index (χ3n) is 4.49. The molecule has 1 fully saturated rings. The van der Waals surface area contributed by atoms with Gasteiger partial charge in [-0.05, 0) is 31.4 Å². The van der Waals surface area contributed by atoms with E-state index in [-0.39, 0.29) is 11.0 Å². The second-order valence-electron chi connectivity index (χ2n) is 6.26. The standard InChI is InChI=1S/C18H22N2O4S/c1-2-16(24-14-7-3-4-8-14)18(21)20-25(22,23)17-9-5-6-13-12-19-11-10-15(13)17/h5-6,9-12,14,16H,2-4,7-8H2,1H3,(H,20,21)/t16-/m0/s1. The van der Waals surface area contributed by atoms with Gasteiger partial charge in [0, 0.05) is 23.2 Å². The van der Waals surface area contributed by atoms with E-state index in [0.717, 1.165) is 25.7 Å². The number of nitrogens with zero attached hydrogens (tertiary/aromatic N) is 1. The van der Waals surface area contributed by atoms with Crippen LogP contribution in [0.3, 0.4) is 0 Å². The van der Waals surface area contributed by atoms with E-state index in [9.17, 15) is 13.2 Å². The Balaban J connectivity index is 1.80. The number of sulfonamides is 1. The topological polar surface area (TPSA) is 85.4 Å². The average Bonchev–Trinajstić information content (AvgIpc) is 3.11. The zero-order valence-corrected chi connectivity index (χ0v) is 15.0. The highest BCUT2D eigenvalue weighted by atomic mass is 32.2. The molecule has 1 N–H and O–H groups in total. The summed E-state index contributed by atoms with van der Waals surface area (Å²) in [5.41, 5.74) is 0. The molecule has 1 aromatic heterocycles. The van der Waals surface area contributed by atoms with Crippen LogP contribution in [0.5, 0.6) is 0 Å². The molecule has 1 atom stereocenters. The third kappa shape index (κ3) is 3.99. The van der Waals surface area contributed by atoms with E-state index in [1.807, 2.05) is 6.92 Å². The fourth-order valence-corrected chi connectivity index (χ4v) is 4.42. The lowest BCUT2D eigenvalue weighted by atomic mass is 10.2. The molecule has 7 heteroatoms. The van der Waals surface area contributed by atoms with Gasteiger partial charge in [-0.1, -0.05) is 31.9 Å². The first-order valence-electron chi connectivity index (χ1n) is 8.56. The predicted octanol–water partition coefficient (Wildman–Crippen LogP) is 2.78. The van der Waals surface area contributed by atoms with E-state index in [0.29, 0.717) is 17.2 Å². The zero-order valence-electron chi connectivity index (χ0n) is 14.1. The molecule has 0 aliphatic heterocycles. The van der Waals surface area contributed by atoms with Crippen LogP contribution in [-0.2, 0) is 19.6 Å². The summed E-state index contributed by atoms with van der Waals surface area (Å²) in [7, 11) is -3.98. The van der Waals surface area contributed by atoms with Crippen LogP contribution in [0.15, 0.2) is 41.6 Å². The first-order valence-corrected chi connectivity index (χ1v) is 10.0. The van der Waals surface area contributed by atoms with Crippen molar-refractivity contribution in [3.63, 3.8) is 0 Å². The van der Waals surface area contributed by atoms with E-state index < -0.39 is 22.0 Å². The summed E-state index contributed by atoms with van der Waals surface area (Å²) < 4.78 is 33.4. The molecule has 0 bridgehead atoms. The summed E-state index contributed by atoms with van der Waals surface area (Å²) >= 11 is 0. The van der Waals surface area contributed by atoms with Crippen molar-refractivity contribution in [3.05, 3.63) is 36.7 Å². The monoisotopic (exact) mass is 362 g/mol. The number of hydrogen-bond acceptors (Lipinski definition) is 5. The van der Waals surface area contributed by atoms with E-state index in [1.165, 1.54) is 12.3 Å². The van der Waals surface area contributed by atoms with Crippen LogP contribution < -0.4 is 4.72 Å². The van der Waals surface area contributed by atoms with Crippen LogP contribution >= 0.6 is 0 Å². The fourth-order valence-electron chi connectivity index (χ4n) is 3.18. The predicted molar refractivity (Wildman–Crippen MR) is 94.5 cm³/mol. The van der Waals surface area contributed by atoms with E-state index >= 15 is 0 Å². The number of ether oxygens (including phenoxy) is 1. The molecule has 1 aliphatic rings. The van der Waals surface area contributed by atoms with Gasteiger partial charge in [-0.2, -0.15) is 0 Å². The highest BCUT2D eigenvalue weighted by molar-refractivity contribution is 7.90. The average molecular weight is 362 g/mol. The number of pyridine rings is 1. The smallest absolute Gasteiger partial charge is 0.264 e. The largest absolute Gasteiger partial charge is 0.365 e. The van der Waals surface area contributed by atoms with Crippen molar-refractivity contribution in [2.24, 2.45) is 0 Å². The molecular formula is C18H22N2O4S. The van der Waals surface area contributed by atoms with Crippen LogP contribution in [0, 0.1) is 0 Å². The first-order chi connectivity index (χ1) is 12.0. The Hall–Kier alpha value is -1.99. The van der Waals surface area contributed by atoms with Crippen molar-refractivity contribution in [1.82, 2.24) is 9.71 Å². The Morgan fingerprint density at radius 3 is 2.80 bits per heavy atom. The van der Waals surface area contributed by atoms with Gasteiger partial charge in [-0.15, -0.1) is 0 Å². The number of carbonyl (C=O) groups excluding carboxylic acids is 1. The van der Waals surface area contributed by atoms with Crippen molar-refractivity contribution in [2.75, 3.05) is 0 Å². The van der Waals surface area contributed by atoms with Crippen LogP contribution in [0.25, 0.3) is 10.8 Å². The normalized spacial score (nSPS) is 16.8. The zero-order chi connectivity index (χ0) is 17.9. The number of amides is 1. The van der Waals surface area contributed by atoms with Gasteiger partial charge < -0.3 is 4.74 Å². The van der Waals surface area contributed by atoms with Crippen molar-refractivity contribution < 1.29 is 17.9 Å². The van der Waals surface area contributed by atoms with Crippen molar-refractivity contribution in [2.45, 2.75) is 56.1 Å². The third-order valence-corrected chi connectivity index (χ3v) is 5.89. The molecule has 0 radical (unpaired) electrons. The Bertz CT molecular complexity index is 855. The summed E-state index contributed by atoms with van der Waals surface area (Å²) in [5.74, 6) is -0.611. The molecule has 0 spiro atoms. The van der Waals surface area contributed by atoms with Gasteiger partial charge in [0.15, 0.2) is 0 Å². The van der Waals surface area contributed by atoms with Gasteiger partial charge in [-0.3, -0.25) is 9.78 Å². The maximum atomic E-state index is 12.7. The van der Waals surface area contributed by atoms with Gasteiger partial charge >= 0.3 is 0 Å². The molecule has 25 heavy (non-hydrogen) atoms. The number of nitrogens with one attached hydrogen (secondary N) is 1. The molecule has 0 saturated heterocycles. The number of fused-ring (bicyclic) bond motifs is 1. The van der Waals surface area contributed by atoms with Crippen LogP contribution in [0.4, 0.5) is 0 Å². The van der Waals surface area contributed by atoms with Crippen molar-refractivity contribution in [3.8, 4) is 0 Å². The summed E-state index contributed by atoms with van der Waals surface area (Å²) in [6.07, 6.45) is 6.86. The number of hydrogen-bond donors (Lipinski definition) is 1. The second-order valence-corrected chi connectivity index (χ2v) is 7.91. The summed E-state index contributed by atoms with van der Waals surface area (Å²) in [6.45, 7) is 1.81. The lowest BCUT2D eigenvalue weighted by Crippen LogP contribution is -2.41. The van der Waals surface area contributed by atoms with E-state index in [4.69, 9.17) is 4.74 Å². The van der Waals surface area contributed by atoms with E-state index in [1.54, 1.807) is 24.4 Å². The lowest BCUT2D eigenvalue weighted by molar-refractivity contribution is -0.134. The Morgan fingerprint density at radius 2 is 2.08 bits per heavy atom. The molecule has 1 amide bonds. The van der Waals surface area contributed by atoms with Gasteiger partial charge in [0.25, 0.3) is 15.9 Å². The summed E-state index contributed by atoms with van der Waals surface area (Å²) in [5, 5.41) is 1.23. The molecule has 6 nitrogen and oxygen atoms in total. The number of carbonyl (C=O) groups is 1. The Labute approximate surface area is 147 Å². The summed E-state index contributed by atoms with van der Waals surface area (Å²) in [6, 6.07) is 6.52. The van der Waals surface area contributed by atoms with Gasteiger partial charge in [0.05, 0.1) is 11.0 Å². The quantitative estimate of drug-likeness (QED) is 0.854. The molecule has 1 saturated carbocycles. The molecule has 1 aliphatic carbocycles. The molecule has 1 aromatic carbocycles. The minimum Gasteiger partial charge on any atom is -0.365 e. The van der Waals surface area contributed by atoms with Gasteiger partial charge in [0.1, 0.15) is 6.10 Å². The SMILES string of the molecule is CC[C@H](OC1CCCC1)C(=O)NS(=O)(=O)c1cccc2cnccc12. The summed E-state index contributed by atoms with van der Waals surface area (Å²) in [4.78, 5) is 16.5. The van der Waals surface area contributed by atoms with Crippen molar-refractivity contribution in [1.29, 1.82) is 0 Å². The molecule has 3 rings (SSSR count). The second kappa shape index (κ2) is 7.49. The Morgan fingerprint density at radius 1 is 1.32 bits per heavy atom. The minimum absolute atomic E-state index is 0.0435. The lowest BCUT2D eigenvalue weighted by Gasteiger charge is -2.20. The van der Waals surface area contributed by atoms with Crippen molar-refractivity contribution >= 4 is 26.7 Å². The maximum absolute atomic E-state index is 12.7. The number of benzene rings is 1. The van der Waals surface area contributed by atoms with Crippen LogP contribution in [-0.4, -0.2) is 31.5 Å². The molecular weight excluding hydrogens is 340 g/mol. The molecule has 1 heterocycles. The first kappa shape index (κ1) is 17.8. The highest BCUT2D eigenvalue weighted by Gasteiger charge is 2.28. The fraction of sp³-hybridized carbons (Fsp3) is 0.444.